The molecule has 2 atom stereocenters. The summed E-state index contributed by atoms with van der Waals surface area (Å²) in [6.07, 6.45) is 0. The number of H-pyrrole nitrogens is 1. The smallest absolute Gasteiger partial charge is 0.389 e. The maximum atomic E-state index is 13.1. The SMILES string of the molecule is CO.CO/N=C(/C(=O)N[C@@H]1C(=O)N2C(C(=O)OOC)=C(CSc3nc(=O)c(=O)[nH]n3C)CS[C@H]12)c1csc(N)n1. The largest absolute Gasteiger partial charge is 0.400 e. The van der Waals surface area contributed by atoms with Gasteiger partial charge in [0.25, 0.3) is 11.8 Å². The molecule has 20 heteroatoms. The van der Waals surface area contributed by atoms with Crippen molar-refractivity contribution in [2.45, 2.75) is 16.6 Å². The lowest BCUT2D eigenvalue weighted by Crippen LogP contribution is -2.71. The zero-order chi connectivity index (χ0) is 29.6. The topological polar surface area (TPSA) is 233 Å². The zero-order valence-electron chi connectivity index (χ0n) is 21.4. The number of nitrogens with one attached hydrogen (secondary N) is 2. The molecule has 1 fully saturated rings. The molecule has 0 unspecified atom stereocenters. The predicted octanol–water partition coefficient (Wildman–Crippen LogP) is -1.98. The number of fused-ring (bicyclic) bond motifs is 1. The second-order valence-corrected chi connectivity index (χ2v) is 10.5. The van der Waals surface area contributed by atoms with Crippen LogP contribution < -0.4 is 22.2 Å². The average molecular weight is 617 g/mol. The molecule has 216 valence electrons. The van der Waals surface area contributed by atoms with Crippen LogP contribution in [0, 0.1) is 0 Å². The summed E-state index contributed by atoms with van der Waals surface area (Å²) in [5.74, 6) is -1.77. The number of thioether (sulfide) groups is 2. The molecule has 40 heavy (non-hydrogen) atoms. The maximum Gasteiger partial charge on any atom is 0.389 e. The minimum absolute atomic E-state index is 0.0499. The lowest BCUT2D eigenvalue weighted by molar-refractivity contribution is -0.252. The van der Waals surface area contributed by atoms with Gasteiger partial charge in [0, 0.05) is 31.0 Å². The number of aliphatic hydroxyl groups excluding tert-OH is 1. The molecule has 0 bridgehead atoms. The van der Waals surface area contributed by atoms with Crippen molar-refractivity contribution >= 4 is 63.5 Å². The first-order valence-corrected chi connectivity index (χ1v) is 13.9. The number of hydrogen-bond acceptors (Lipinski definition) is 16. The Morgan fingerprint density at radius 3 is 2.65 bits per heavy atom. The van der Waals surface area contributed by atoms with Crippen molar-refractivity contribution in [1.29, 1.82) is 0 Å². The van der Waals surface area contributed by atoms with Gasteiger partial charge in [0.15, 0.2) is 16.0 Å². The van der Waals surface area contributed by atoms with Gasteiger partial charge in [0.05, 0.1) is 7.11 Å². The number of carbonyl (C=O) groups is 3. The van der Waals surface area contributed by atoms with Crippen LogP contribution in [-0.2, 0) is 36.0 Å². The van der Waals surface area contributed by atoms with E-state index in [4.69, 9.17) is 20.6 Å². The summed E-state index contributed by atoms with van der Waals surface area (Å²) in [5, 5.41) is 17.0. The van der Waals surface area contributed by atoms with Crippen molar-refractivity contribution in [2.75, 3.05) is 38.6 Å². The van der Waals surface area contributed by atoms with Gasteiger partial charge in [-0.15, -0.1) is 23.1 Å². The summed E-state index contributed by atoms with van der Waals surface area (Å²) >= 11 is 3.48. The summed E-state index contributed by atoms with van der Waals surface area (Å²) in [6, 6.07) is -0.980. The number of hydrogen-bond donors (Lipinski definition) is 4. The number of nitrogens with zero attached hydrogens (tertiary/aromatic N) is 5. The van der Waals surface area contributed by atoms with Crippen molar-refractivity contribution in [3.8, 4) is 0 Å². The molecule has 5 N–H and O–H groups in total. The molecular weight excluding hydrogens is 592 g/mol. The molecule has 0 saturated carbocycles. The number of nitrogens with two attached hydrogens (primary N) is 1. The normalized spacial score (nSPS) is 18.3. The lowest BCUT2D eigenvalue weighted by Gasteiger charge is -2.49. The van der Waals surface area contributed by atoms with Gasteiger partial charge in [-0.2, -0.15) is 9.87 Å². The number of aromatic nitrogens is 4. The Bertz CT molecular complexity index is 1470. The number of aryl methyl sites for hydroxylation is 1. The Labute approximate surface area is 237 Å². The van der Waals surface area contributed by atoms with Gasteiger partial charge in [-0.05, 0) is 5.57 Å². The number of aliphatic hydroxyl groups is 1. The highest BCUT2D eigenvalue weighted by atomic mass is 32.2. The average Bonchev–Trinajstić information content (AvgIpc) is 3.37. The van der Waals surface area contributed by atoms with Crippen LogP contribution in [0.5, 0.6) is 0 Å². The summed E-state index contributed by atoms with van der Waals surface area (Å²) in [6.45, 7) is 0. The first-order valence-electron chi connectivity index (χ1n) is 11.0. The minimum Gasteiger partial charge on any atom is -0.400 e. The van der Waals surface area contributed by atoms with Gasteiger partial charge < -0.3 is 21.0 Å². The molecule has 2 aliphatic heterocycles. The first kappa shape index (κ1) is 30.8. The monoisotopic (exact) mass is 616 g/mol. The van der Waals surface area contributed by atoms with Gasteiger partial charge in [0.2, 0.25) is 0 Å². The molecule has 0 aliphatic carbocycles. The molecule has 17 nitrogen and oxygen atoms in total. The van der Waals surface area contributed by atoms with Gasteiger partial charge in [-0.25, -0.2) is 9.78 Å². The van der Waals surface area contributed by atoms with Crippen LogP contribution in [0.25, 0.3) is 0 Å². The molecule has 4 heterocycles. The summed E-state index contributed by atoms with van der Waals surface area (Å²) in [7, 11) is 4.91. The van der Waals surface area contributed by atoms with Crippen LogP contribution in [0.4, 0.5) is 5.13 Å². The third kappa shape index (κ3) is 6.36. The lowest BCUT2D eigenvalue weighted by atomic mass is 10.0. The third-order valence-corrected chi connectivity index (χ3v) is 8.30. The van der Waals surface area contributed by atoms with Crippen molar-refractivity contribution in [2.24, 2.45) is 12.2 Å². The molecular formula is C20H24N8O9S3. The number of β-lactam (4-membered cyclic amide) rings is 1. The van der Waals surface area contributed by atoms with E-state index in [1.54, 1.807) is 0 Å². The predicted molar refractivity (Wildman–Crippen MR) is 144 cm³/mol. The van der Waals surface area contributed by atoms with Gasteiger partial charge in [-0.3, -0.25) is 38.7 Å². The Hall–Kier alpha value is -3.72. The number of aromatic amines is 1. The second-order valence-electron chi connectivity index (χ2n) is 7.53. The quantitative estimate of drug-likeness (QED) is 0.0597. The Balaban J connectivity index is 0.00000216. The van der Waals surface area contributed by atoms with Gasteiger partial charge in [0.1, 0.15) is 29.9 Å². The third-order valence-electron chi connectivity index (χ3n) is 5.17. The Morgan fingerprint density at radius 1 is 1.30 bits per heavy atom. The van der Waals surface area contributed by atoms with Crippen molar-refractivity contribution < 1.29 is 34.1 Å². The van der Waals surface area contributed by atoms with E-state index in [2.05, 4.69) is 30.4 Å². The fraction of sp³-hybridized carbons (Fsp3) is 0.400. The van der Waals surface area contributed by atoms with E-state index < -0.39 is 40.3 Å². The maximum absolute atomic E-state index is 13.1. The van der Waals surface area contributed by atoms with E-state index >= 15 is 0 Å². The highest BCUT2D eigenvalue weighted by Gasteiger charge is 2.55. The van der Waals surface area contributed by atoms with Crippen LogP contribution in [0.3, 0.4) is 0 Å². The number of thiazole rings is 1. The molecule has 2 aromatic heterocycles. The Kier molecular flexibility index (Phi) is 10.5. The fourth-order valence-corrected chi connectivity index (χ4v) is 6.49. The molecule has 2 aromatic rings. The van der Waals surface area contributed by atoms with Crippen LogP contribution >= 0.6 is 34.9 Å². The molecule has 2 aliphatic rings. The number of amides is 2. The molecule has 4 rings (SSSR count). The number of nitrogen functional groups attached to an aromatic ring is 1. The molecule has 1 saturated heterocycles. The van der Waals surface area contributed by atoms with Crippen molar-refractivity contribution in [3.63, 3.8) is 0 Å². The molecule has 0 spiro atoms. The van der Waals surface area contributed by atoms with Crippen LogP contribution in [0.1, 0.15) is 5.69 Å². The van der Waals surface area contributed by atoms with E-state index in [9.17, 15) is 24.0 Å². The number of oxime groups is 1. The fourth-order valence-electron chi connectivity index (χ4n) is 3.54. The van der Waals surface area contributed by atoms with E-state index in [0.29, 0.717) is 5.57 Å². The number of carbonyl (C=O) groups excluding carboxylic acids is 3. The van der Waals surface area contributed by atoms with Crippen molar-refractivity contribution in [3.05, 3.63) is 43.1 Å². The summed E-state index contributed by atoms with van der Waals surface area (Å²) in [4.78, 5) is 84.8. The highest BCUT2D eigenvalue weighted by molar-refractivity contribution is 8.01. The summed E-state index contributed by atoms with van der Waals surface area (Å²) in [5.41, 5.74) is 4.28. The van der Waals surface area contributed by atoms with Gasteiger partial charge in [-0.1, -0.05) is 16.9 Å². The second kappa shape index (κ2) is 13.6. The van der Waals surface area contributed by atoms with E-state index in [0.717, 1.165) is 37.3 Å². The van der Waals surface area contributed by atoms with Gasteiger partial charge >= 0.3 is 17.1 Å². The standard InChI is InChI=1S/C19H20N8O8S3.CH4O/c1-26-19(23-13(29)14(30)24-26)38-5-7-4-36-16-10(15(31)27(16)11(7)17(32)35-34-3)22-12(28)9(25-33-2)8-6-37-18(20)21-8;1-2/h6,10,16H,4-5H2,1-3H3,(H2,20,21)(H,22,28)(H,24,30);2H,1H3/b25-9+;/t10-,16-;/m1./s1. The van der Waals surface area contributed by atoms with Crippen molar-refractivity contribution in [1.82, 2.24) is 30.0 Å². The Morgan fingerprint density at radius 2 is 2.02 bits per heavy atom. The van der Waals surface area contributed by atoms with Crippen LogP contribution in [-0.4, -0.2) is 97.5 Å². The summed E-state index contributed by atoms with van der Waals surface area (Å²) < 4.78 is 1.27. The zero-order valence-corrected chi connectivity index (χ0v) is 23.8. The van der Waals surface area contributed by atoms with Crippen LogP contribution in [0.15, 0.2) is 36.6 Å². The highest BCUT2D eigenvalue weighted by Crippen LogP contribution is 2.41. The molecule has 0 radical (unpaired) electrons. The number of rotatable bonds is 9. The minimum atomic E-state index is -0.980. The van der Waals surface area contributed by atoms with E-state index in [1.807, 2.05) is 0 Å². The van der Waals surface area contributed by atoms with Crippen LogP contribution in [0.2, 0.25) is 0 Å². The molecule has 2 amide bonds. The van der Waals surface area contributed by atoms with E-state index in [-0.39, 0.29) is 38.9 Å². The first-order chi connectivity index (χ1) is 19.2. The number of anilines is 1. The van der Waals surface area contributed by atoms with E-state index in [1.165, 1.54) is 40.9 Å². The molecule has 0 aromatic carbocycles.